The minimum Gasteiger partial charge on any atom is -0.410 e. The van der Waals surface area contributed by atoms with Crippen LogP contribution in [0.25, 0.3) is 22.4 Å². The highest BCUT2D eigenvalue weighted by molar-refractivity contribution is 6.39. The predicted molar refractivity (Wildman–Crippen MR) is 117 cm³/mol. The van der Waals surface area contributed by atoms with Gasteiger partial charge in [-0.3, -0.25) is 5.32 Å². The summed E-state index contributed by atoms with van der Waals surface area (Å²) in [6.45, 7) is 2.08. The van der Waals surface area contributed by atoms with E-state index in [0.717, 1.165) is 6.42 Å². The standard InChI is InChI=1S/C22H17Cl2N3O2/c1-2-13-6-8-14(9-7-13)25-22(28)29-15-10-11-18-19(12-15)27-21(26-18)20-16(23)4-3-5-17(20)24/h3-12H,2H2,1H3,(H,25,28)(H,26,27). The van der Waals surface area contributed by atoms with Gasteiger partial charge in [-0.1, -0.05) is 48.3 Å². The number of nitrogens with one attached hydrogen (secondary N) is 2. The van der Waals surface area contributed by atoms with E-state index in [1.54, 1.807) is 36.4 Å². The van der Waals surface area contributed by atoms with Gasteiger partial charge in [0.25, 0.3) is 0 Å². The van der Waals surface area contributed by atoms with Crippen molar-refractivity contribution in [1.29, 1.82) is 0 Å². The molecule has 4 rings (SSSR count). The van der Waals surface area contributed by atoms with E-state index in [1.807, 2.05) is 24.3 Å². The van der Waals surface area contributed by atoms with E-state index in [4.69, 9.17) is 27.9 Å². The summed E-state index contributed by atoms with van der Waals surface area (Å²) < 4.78 is 5.40. The van der Waals surface area contributed by atoms with Gasteiger partial charge in [-0.25, -0.2) is 9.78 Å². The molecule has 4 aromatic rings. The molecule has 0 aliphatic heterocycles. The van der Waals surface area contributed by atoms with E-state index in [2.05, 4.69) is 22.2 Å². The van der Waals surface area contributed by atoms with Crippen LogP contribution in [0, 0.1) is 0 Å². The maximum atomic E-state index is 12.2. The summed E-state index contributed by atoms with van der Waals surface area (Å²) in [5, 5.41) is 3.72. The fourth-order valence-corrected chi connectivity index (χ4v) is 3.55. The number of anilines is 1. The molecule has 1 aromatic heterocycles. The average molecular weight is 426 g/mol. The van der Waals surface area contributed by atoms with Crippen LogP contribution in [0.5, 0.6) is 5.75 Å². The predicted octanol–water partition coefficient (Wildman–Crippen LogP) is 6.71. The second kappa shape index (κ2) is 8.15. The molecule has 0 spiro atoms. The number of benzene rings is 3. The maximum absolute atomic E-state index is 12.2. The summed E-state index contributed by atoms with van der Waals surface area (Å²) in [6.07, 6.45) is 0.374. The molecular formula is C22H17Cl2N3O2. The van der Waals surface area contributed by atoms with Crippen molar-refractivity contribution < 1.29 is 9.53 Å². The lowest BCUT2D eigenvalue weighted by Crippen LogP contribution is -2.16. The first kappa shape index (κ1) is 19.3. The Balaban J connectivity index is 1.53. The van der Waals surface area contributed by atoms with Crippen LogP contribution in [0.15, 0.2) is 60.7 Å². The largest absolute Gasteiger partial charge is 0.417 e. The second-order valence-electron chi connectivity index (χ2n) is 6.43. The number of nitrogens with zero attached hydrogens (tertiary/aromatic N) is 1. The molecule has 0 unspecified atom stereocenters. The number of hydrogen-bond acceptors (Lipinski definition) is 3. The first-order valence-corrected chi connectivity index (χ1v) is 9.81. The normalized spacial score (nSPS) is 10.9. The summed E-state index contributed by atoms with van der Waals surface area (Å²) in [5.74, 6) is 0.939. The van der Waals surface area contributed by atoms with Crippen LogP contribution < -0.4 is 10.1 Å². The van der Waals surface area contributed by atoms with E-state index in [9.17, 15) is 4.79 Å². The molecular weight excluding hydrogens is 409 g/mol. The number of aromatic amines is 1. The van der Waals surface area contributed by atoms with E-state index in [-0.39, 0.29) is 0 Å². The van der Waals surface area contributed by atoms with Crippen LogP contribution in [0.3, 0.4) is 0 Å². The van der Waals surface area contributed by atoms with Gasteiger partial charge in [0.15, 0.2) is 0 Å². The third-order valence-electron chi connectivity index (χ3n) is 4.47. The van der Waals surface area contributed by atoms with Crippen molar-refractivity contribution in [3.05, 3.63) is 76.3 Å². The SMILES string of the molecule is CCc1ccc(NC(=O)Oc2ccc3nc(-c4c(Cl)cccc4Cl)[nH]c3c2)cc1. The summed E-state index contributed by atoms with van der Waals surface area (Å²) >= 11 is 12.5. The number of aryl methyl sites for hydroxylation is 1. The summed E-state index contributed by atoms with van der Waals surface area (Å²) in [5.41, 5.74) is 3.91. The number of rotatable bonds is 4. The van der Waals surface area contributed by atoms with Gasteiger partial charge in [0.05, 0.1) is 26.6 Å². The van der Waals surface area contributed by atoms with Crippen LogP contribution in [-0.2, 0) is 6.42 Å². The summed E-state index contributed by atoms with van der Waals surface area (Å²) in [6, 6.07) is 18.0. The Labute approximate surface area is 177 Å². The number of imidazole rings is 1. The highest BCUT2D eigenvalue weighted by atomic mass is 35.5. The fraction of sp³-hybridized carbons (Fsp3) is 0.0909. The zero-order valence-electron chi connectivity index (χ0n) is 15.5. The average Bonchev–Trinajstić information content (AvgIpc) is 3.11. The van der Waals surface area contributed by atoms with Crippen LogP contribution in [-0.4, -0.2) is 16.1 Å². The fourth-order valence-electron chi connectivity index (χ4n) is 2.97. The van der Waals surface area contributed by atoms with Crippen LogP contribution in [0.1, 0.15) is 12.5 Å². The van der Waals surface area contributed by atoms with Crippen LogP contribution in [0.4, 0.5) is 10.5 Å². The van der Waals surface area contributed by atoms with Gasteiger partial charge in [-0.2, -0.15) is 0 Å². The third kappa shape index (κ3) is 4.21. The van der Waals surface area contributed by atoms with E-state index < -0.39 is 6.09 Å². The number of H-pyrrole nitrogens is 1. The minimum atomic E-state index is -0.567. The molecule has 0 saturated heterocycles. The molecule has 3 aromatic carbocycles. The number of ether oxygens (including phenoxy) is 1. The van der Waals surface area contributed by atoms with Gasteiger partial charge in [0, 0.05) is 11.8 Å². The van der Waals surface area contributed by atoms with Crippen LogP contribution in [0.2, 0.25) is 10.0 Å². The molecule has 0 atom stereocenters. The lowest BCUT2D eigenvalue weighted by atomic mass is 10.1. The number of carbonyl (C=O) groups excluding carboxylic acids is 1. The lowest BCUT2D eigenvalue weighted by Gasteiger charge is -2.07. The summed E-state index contributed by atoms with van der Waals surface area (Å²) in [4.78, 5) is 19.9. The molecule has 0 saturated carbocycles. The van der Waals surface area contributed by atoms with Gasteiger partial charge in [-0.15, -0.1) is 0 Å². The number of carbonyl (C=O) groups is 1. The van der Waals surface area contributed by atoms with E-state index in [0.29, 0.717) is 43.9 Å². The number of amides is 1. The van der Waals surface area contributed by atoms with Crippen molar-refractivity contribution in [3.63, 3.8) is 0 Å². The van der Waals surface area contributed by atoms with Crippen molar-refractivity contribution >= 4 is 46.0 Å². The Bertz CT molecular complexity index is 1170. The molecule has 0 radical (unpaired) electrons. The van der Waals surface area contributed by atoms with Crippen molar-refractivity contribution in [2.45, 2.75) is 13.3 Å². The van der Waals surface area contributed by atoms with Gasteiger partial charge >= 0.3 is 6.09 Å². The van der Waals surface area contributed by atoms with Gasteiger partial charge in [-0.05, 0) is 48.4 Å². The maximum Gasteiger partial charge on any atom is 0.417 e. The monoisotopic (exact) mass is 425 g/mol. The van der Waals surface area contributed by atoms with Crippen molar-refractivity contribution in [3.8, 4) is 17.1 Å². The Morgan fingerprint density at radius 1 is 1.07 bits per heavy atom. The second-order valence-corrected chi connectivity index (χ2v) is 7.24. The summed E-state index contributed by atoms with van der Waals surface area (Å²) in [7, 11) is 0. The first-order chi connectivity index (χ1) is 14.0. The topological polar surface area (TPSA) is 67.0 Å². The number of aromatic nitrogens is 2. The molecule has 29 heavy (non-hydrogen) atoms. The lowest BCUT2D eigenvalue weighted by molar-refractivity contribution is 0.215. The molecule has 1 amide bonds. The Kier molecular flexibility index (Phi) is 5.43. The van der Waals surface area contributed by atoms with Crippen LogP contribution >= 0.6 is 23.2 Å². The van der Waals surface area contributed by atoms with Crippen molar-refractivity contribution in [2.24, 2.45) is 0 Å². The Hall–Kier alpha value is -3.02. The van der Waals surface area contributed by atoms with Crippen molar-refractivity contribution in [2.75, 3.05) is 5.32 Å². The zero-order valence-corrected chi connectivity index (χ0v) is 17.0. The number of hydrogen-bond donors (Lipinski definition) is 2. The number of halogens is 2. The minimum absolute atomic E-state index is 0.389. The molecule has 2 N–H and O–H groups in total. The highest BCUT2D eigenvalue weighted by Gasteiger charge is 2.14. The Morgan fingerprint density at radius 3 is 2.48 bits per heavy atom. The first-order valence-electron chi connectivity index (χ1n) is 9.05. The molecule has 0 aliphatic carbocycles. The molecule has 146 valence electrons. The molecule has 0 bridgehead atoms. The van der Waals surface area contributed by atoms with Gasteiger partial charge in [0.2, 0.25) is 0 Å². The molecule has 1 heterocycles. The third-order valence-corrected chi connectivity index (χ3v) is 5.10. The Morgan fingerprint density at radius 2 is 1.79 bits per heavy atom. The highest BCUT2D eigenvalue weighted by Crippen LogP contribution is 2.34. The number of fused-ring (bicyclic) bond motifs is 1. The van der Waals surface area contributed by atoms with Crippen molar-refractivity contribution in [1.82, 2.24) is 9.97 Å². The molecule has 5 nitrogen and oxygen atoms in total. The van der Waals surface area contributed by atoms with E-state index in [1.165, 1.54) is 5.56 Å². The van der Waals surface area contributed by atoms with Gasteiger partial charge < -0.3 is 9.72 Å². The molecule has 7 heteroatoms. The van der Waals surface area contributed by atoms with E-state index >= 15 is 0 Å². The quantitative estimate of drug-likeness (QED) is 0.381. The zero-order chi connectivity index (χ0) is 20.4. The smallest absolute Gasteiger partial charge is 0.410 e. The molecule has 0 fully saturated rings. The molecule has 0 aliphatic rings. The van der Waals surface area contributed by atoms with Gasteiger partial charge in [0.1, 0.15) is 11.6 Å².